The summed E-state index contributed by atoms with van der Waals surface area (Å²) < 4.78 is 1.14. The van der Waals surface area contributed by atoms with Crippen molar-refractivity contribution >= 4 is 15.9 Å². The monoisotopic (exact) mass is 343 g/mol. The van der Waals surface area contributed by atoms with Crippen LogP contribution in [-0.4, -0.2) is 0 Å². The van der Waals surface area contributed by atoms with Crippen LogP contribution in [0.5, 0.6) is 0 Å². The molecule has 0 aromatic heterocycles. The van der Waals surface area contributed by atoms with Gasteiger partial charge in [0.1, 0.15) is 0 Å². The third-order valence-electron chi connectivity index (χ3n) is 4.47. The molecule has 0 fully saturated rings. The lowest BCUT2D eigenvalue weighted by Gasteiger charge is -2.21. The van der Waals surface area contributed by atoms with Gasteiger partial charge in [-0.2, -0.15) is 0 Å². The number of halogens is 1. The van der Waals surface area contributed by atoms with Gasteiger partial charge in [0.25, 0.3) is 0 Å². The summed E-state index contributed by atoms with van der Waals surface area (Å²) >= 11 is 3.55. The summed E-state index contributed by atoms with van der Waals surface area (Å²) in [5.41, 5.74) is 5.82. The average molecular weight is 344 g/mol. The normalized spacial score (nSPS) is 16.5. The SMILES string of the molecule is CC(N[C@@H](C)c1cccc(Br)c1)c1ccc2c(c1)CCC2. The van der Waals surface area contributed by atoms with E-state index in [4.69, 9.17) is 0 Å². The van der Waals surface area contributed by atoms with E-state index in [0.717, 1.165) is 4.47 Å². The van der Waals surface area contributed by atoms with Crippen molar-refractivity contribution in [3.05, 3.63) is 69.2 Å². The van der Waals surface area contributed by atoms with E-state index in [0.29, 0.717) is 12.1 Å². The number of fused-ring (bicyclic) bond motifs is 1. The Bertz CT molecular complexity index is 635. The first-order chi connectivity index (χ1) is 10.1. The average Bonchev–Trinajstić information content (AvgIpc) is 2.94. The first-order valence-electron chi connectivity index (χ1n) is 7.76. The Balaban J connectivity index is 1.72. The van der Waals surface area contributed by atoms with E-state index in [2.05, 4.69) is 77.6 Å². The molecule has 2 atom stereocenters. The standard InChI is InChI=1S/C19H22BrN/c1-13(16-6-4-8-19(20)12-16)21-14(2)17-10-9-15-5-3-7-18(15)11-17/h4,6,8-14,21H,3,5,7H2,1-2H3/t13-,14?/m0/s1. The Kier molecular flexibility index (Phi) is 4.46. The smallest absolute Gasteiger partial charge is 0.0297 e. The minimum Gasteiger partial charge on any atom is -0.304 e. The minimum atomic E-state index is 0.339. The van der Waals surface area contributed by atoms with Gasteiger partial charge in [0.15, 0.2) is 0 Å². The molecule has 1 unspecified atom stereocenters. The van der Waals surface area contributed by atoms with Crippen molar-refractivity contribution in [1.82, 2.24) is 5.32 Å². The van der Waals surface area contributed by atoms with Crippen LogP contribution in [0, 0.1) is 0 Å². The van der Waals surface area contributed by atoms with Crippen LogP contribution in [0.1, 0.15) is 54.6 Å². The third-order valence-corrected chi connectivity index (χ3v) is 4.96. The van der Waals surface area contributed by atoms with E-state index < -0.39 is 0 Å². The highest BCUT2D eigenvalue weighted by molar-refractivity contribution is 9.10. The molecule has 3 rings (SSSR count). The van der Waals surface area contributed by atoms with E-state index in [-0.39, 0.29) is 0 Å². The molecule has 0 bridgehead atoms. The molecule has 21 heavy (non-hydrogen) atoms. The van der Waals surface area contributed by atoms with Crippen molar-refractivity contribution in [1.29, 1.82) is 0 Å². The summed E-state index contributed by atoms with van der Waals surface area (Å²) in [4.78, 5) is 0. The number of hydrogen-bond acceptors (Lipinski definition) is 1. The molecule has 1 nitrogen and oxygen atoms in total. The van der Waals surface area contributed by atoms with Crippen LogP contribution in [0.15, 0.2) is 46.9 Å². The summed E-state index contributed by atoms with van der Waals surface area (Å²) in [5.74, 6) is 0. The van der Waals surface area contributed by atoms with Crippen molar-refractivity contribution in [3.8, 4) is 0 Å². The van der Waals surface area contributed by atoms with Crippen molar-refractivity contribution in [2.45, 2.75) is 45.2 Å². The topological polar surface area (TPSA) is 12.0 Å². The maximum atomic E-state index is 3.71. The summed E-state index contributed by atoms with van der Waals surface area (Å²) in [6.07, 6.45) is 3.82. The molecule has 2 aromatic carbocycles. The predicted molar refractivity (Wildman–Crippen MR) is 92.6 cm³/mol. The Morgan fingerprint density at radius 3 is 2.38 bits per heavy atom. The molecule has 1 aliphatic carbocycles. The Morgan fingerprint density at radius 1 is 0.905 bits per heavy atom. The quantitative estimate of drug-likeness (QED) is 0.788. The van der Waals surface area contributed by atoms with Gasteiger partial charge in [-0.1, -0.05) is 46.3 Å². The molecule has 0 amide bonds. The molecule has 0 saturated heterocycles. The fraction of sp³-hybridized carbons (Fsp3) is 0.368. The zero-order valence-corrected chi connectivity index (χ0v) is 14.3. The lowest BCUT2D eigenvalue weighted by Crippen LogP contribution is -2.22. The molecular weight excluding hydrogens is 322 g/mol. The minimum absolute atomic E-state index is 0.339. The van der Waals surface area contributed by atoms with Gasteiger partial charge in [0, 0.05) is 16.6 Å². The number of aryl methyl sites for hydroxylation is 2. The first kappa shape index (κ1) is 14.8. The van der Waals surface area contributed by atoms with Crippen LogP contribution in [0.3, 0.4) is 0 Å². The highest BCUT2D eigenvalue weighted by Crippen LogP contribution is 2.27. The van der Waals surface area contributed by atoms with Crippen LogP contribution in [0.4, 0.5) is 0 Å². The number of nitrogens with one attached hydrogen (secondary N) is 1. The van der Waals surface area contributed by atoms with E-state index in [9.17, 15) is 0 Å². The van der Waals surface area contributed by atoms with E-state index in [1.807, 2.05) is 0 Å². The third kappa shape index (κ3) is 3.38. The van der Waals surface area contributed by atoms with Crippen LogP contribution >= 0.6 is 15.9 Å². The van der Waals surface area contributed by atoms with Crippen LogP contribution in [-0.2, 0) is 12.8 Å². The molecule has 110 valence electrons. The first-order valence-corrected chi connectivity index (χ1v) is 8.56. The van der Waals surface area contributed by atoms with Gasteiger partial charge < -0.3 is 5.32 Å². The zero-order chi connectivity index (χ0) is 14.8. The molecule has 0 saturated carbocycles. The van der Waals surface area contributed by atoms with Gasteiger partial charge in [0.2, 0.25) is 0 Å². The predicted octanol–water partition coefficient (Wildman–Crippen LogP) is 5.35. The van der Waals surface area contributed by atoms with Crippen LogP contribution < -0.4 is 5.32 Å². The summed E-state index contributed by atoms with van der Waals surface area (Å²) in [5, 5.41) is 3.71. The van der Waals surface area contributed by atoms with Crippen molar-refractivity contribution in [2.75, 3.05) is 0 Å². The van der Waals surface area contributed by atoms with Gasteiger partial charge >= 0.3 is 0 Å². The highest BCUT2D eigenvalue weighted by Gasteiger charge is 2.15. The van der Waals surface area contributed by atoms with E-state index in [1.165, 1.54) is 30.4 Å². The second-order valence-corrected chi connectivity index (χ2v) is 6.96. The largest absolute Gasteiger partial charge is 0.304 e. The van der Waals surface area contributed by atoms with Gasteiger partial charge in [-0.3, -0.25) is 0 Å². The summed E-state index contributed by atoms with van der Waals surface area (Å²) in [7, 11) is 0. The maximum absolute atomic E-state index is 3.71. The molecule has 2 aromatic rings. The summed E-state index contributed by atoms with van der Waals surface area (Å²) in [6.45, 7) is 4.48. The lowest BCUT2D eigenvalue weighted by molar-refractivity contribution is 0.494. The number of hydrogen-bond donors (Lipinski definition) is 1. The maximum Gasteiger partial charge on any atom is 0.0297 e. The van der Waals surface area contributed by atoms with Crippen LogP contribution in [0.25, 0.3) is 0 Å². The Hall–Kier alpha value is -1.12. The molecular formula is C19H22BrN. The zero-order valence-electron chi connectivity index (χ0n) is 12.7. The Labute approximate surface area is 135 Å². The summed E-state index contributed by atoms with van der Waals surface area (Å²) in [6, 6.07) is 16.2. The molecule has 0 aliphatic heterocycles. The van der Waals surface area contributed by atoms with Crippen molar-refractivity contribution < 1.29 is 0 Å². The van der Waals surface area contributed by atoms with Crippen LogP contribution in [0.2, 0.25) is 0 Å². The van der Waals surface area contributed by atoms with E-state index >= 15 is 0 Å². The fourth-order valence-electron chi connectivity index (χ4n) is 3.20. The van der Waals surface area contributed by atoms with Crippen molar-refractivity contribution in [3.63, 3.8) is 0 Å². The molecule has 0 spiro atoms. The lowest BCUT2D eigenvalue weighted by atomic mass is 10.0. The van der Waals surface area contributed by atoms with Gasteiger partial charge in [-0.05, 0) is 67.5 Å². The van der Waals surface area contributed by atoms with Gasteiger partial charge in [-0.25, -0.2) is 0 Å². The molecule has 1 aliphatic rings. The van der Waals surface area contributed by atoms with Gasteiger partial charge in [-0.15, -0.1) is 0 Å². The second-order valence-electron chi connectivity index (χ2n) is 6.05. The molecule has 0 radical (unpaired) electrons. The number of benzene rings is 2. The van der Waals surface area contributed by atoms with Gasteiger partial charge in [0.05, 0.1) is 0 Å². The molecule has 1 N–H and O–H groups in total. The second kappa shape index (κ2) is 6.33. The molecule has 0 heterocycles. The van der Waals surface area contributed by atoms with Crippen molar-refractivity contribution in [2.24, 2.45) is 0 Å². The Morgan fingerprint density at radius 2 is 1.62 bits per heavy atom. The number of rotatable bonds is 4. The van der Waals surface area contributed by atoms with E-state index in [1.54, 1.807) is 11.1 Å². The fourth-order valence-corrected chi connectivity index (χ4v) is 3.62. The molecule has 2 heteroatoms. The highest BCUT2D eigenvalue weighted by atomic mass is 79.9.